The van der Waals surface area contributed by atoms with Crippen molar-refractivity contribution in [1.29, 1.82) is 0 Å². The molecule has 0 aliphatic heterocycles. The summed E-state index contributed by atoms with van der Waals surface area (Å²) in [4.78, 5) is 41.7. The van der Waals surface area contributed by atoms with E-state index in [4.69, 9.17) is 9.84 Å². The van der Waals surface area contributed by atoms with Gasteiger partial charge in [0.05, 0.1) is 11.9 Å². The fraction of sp³-hybridized carbons (Fsp3) is 0.308. The highest BCUT2D eigenvalue weighted by Crippen LogP contribution is 2.44. The van der Waals surface area contributed by atoms with Gasteiger partial charge in [0.1, 0.15) is 12.6 Å². The van der Waals surface area contributed by atoms with Gasteiger partial charge in [0, 0.05) is 29.5 Å². The number of nitrogens with one attached hydrogen (secondary N) is 2. The molecule has 1 aromatic heterocycles. The van der Waals surface area contributed by atoms with Crippen LogP contribution in [0.3, 0.4) is 0 Å². The Kier molecular flexibility index (Phi) is 7.77. The van der Waals surface area contributed by atoms with Crippen LogP contribution in [0.1, 0.15) is 41.7 Å². The van der Waals surface area contributed by atoms with E-state index in [1.165, 1.54) is 11.3 Å². The maximum Gasteiger partial charge on any atom is 0.407 e. The van der Waals surface area contributed by atoms with Gasteiger partial charge >= 0.3 is 12.1 Å². The van der Waals surface area contributed by atoms with Crippen molar-refractivity contribution in [2.45, 2.75) is 44.2 Å². The molecule has 1 heterocycles. The van der Waals surface area contributed by atoms with Gasteiger partial charge in [-0.1, -0.05) is 55.5 Å². The summed E-state index contributed by atoms with van der Waals surface area (Å²) in [6, 6.07) is 14.6. The van der Waals surface area contributed by atoms with Crippen molar-refractivity contribution in [3.63, 3.8) is 0 Å². The molecule has 3 aromatic rings. The Hall–Kier alpha value is -3.72. The molecule has 9 heteroatoms. The largest absolute Gasteiger partial charge is 0.481 e. The Balaban J connectivity index is 1.43. The van der Waals surface area contributed by atoms with E-state index in [2.05, 4.69) is 27.8 Å². The molecule has 2 aromatic carbocycles. The Morgan fingerprint density at radius 1 is 1.06 bits per heavy atom. The smallest absolute Gasteiger partial charge is 0.407 e. The van der Waals surface area contributed by atoms with Crippen LogP contribution in [-0.4, -0.2) is 46.8 Å². The maximum atomic E-state index is 13.0. The standard InChI is InChI=1S/C26H27N3O5S/c1-2-16(11-24(30)31)28-25(32)23(12-17-13-27-15-35-17)29-26(33)34-14-22-20-9-5-3-7-18(20)19-8-4-6-10-21(19)22/h3-10,13,15-16,22-23H,2,11-12,14H2,1H3,(H,28,32)(H,29,33)(H,30,31). The first-order valence-electron chi connectivity index (χ1n) is 11.5. The predicted octanol–water partition coefficient (Wildman–Crippen LogP) is 3.96. The number of hydrogen-bond donors (Lipinski definition) is 3. The highest BCUT2D eigenvalue weighted by atomic mass is 32.1. The van der Waals surface area contributed by atoms with Crippen molar-refractivity contribution < 1.29 is 24.2 Å². The molecular formula is C26H27N3O5S. The van der Waals surface area contributed by atoms with E-state index in [1.54, 1.807) is 18.6 Å². The zero-order valence-corrected chi connectivity index (χ0v) is 20.1. The lowest BCUT2D eigenvalue weighted by atomic mass is 9.98. The number of ether oxygens (including phenoxy) is 1. The molecule has 0 fully saturated rings. The molecule has 182 valence electrons. The third-order valence-corrected chi connectivity index (χ3v) is 6.90. The molecule has 0 radical (unpaired) electrons. The SMILES string of the molecule is CCC(CC(=O)O)NC(=O)C(Cc1cncs1)NC(=O)OCC1c2ccccc2-c2ccccc21. The van der Waals surface area contributed by atoms with E-state index < -0.39 is 30.1 Å². The Bertz CT molecular complexity index is 1150. The average Bonchev–Trinajstić information content (AvgIpc) is 3.47. The normalized spacial score (nSPS) is 13.9. The van der Waals surface area contributed by atoms with Gasteiger partial charge in [-0.15, -0.1) is 11.3 Å². The predicted molar refractivity (Wildman–Crippen MR) is 132 cm³/mol. The van der Waals surface area contributed by atoms with Crippen molar-refractivity contribution in [1.82, 2.24) is 15.6 Å². The van der Waals surface area contributed by atoms with Gasteiger partial charge in [-0.2, -0.15) is 0 Å². The van der Waals surface area contributed by atoms with Crippen LogP contribution < -0.4 is 10.6 Å². The Labute approximate surface area is 207 Å². The molecule has 8 nitrogen and oxygen atoms in total. The monoisotopic (exact) mass is 493 g/mol. The maximum absolute atomic E-state index is 13.0. The molecule has 1 aliphatic rings. The van der Waals surface area contributed by atoms with E-state index >= 15 is 0 Å². The first-order valence-corrected chi connectivity index (χ1v) is 12.3. The van der Waals surface area contributed by atoms with Gasteiger partial charge in [-0.25, -0.2) is 4.79 Å². The number of aromatic nitrogens is 1. The lowest BCUT2D eigenvalue weighted by molar-refractivity contribution is -0.137. The topological polar surface area (TPSA) is 118 Å². The minimum absolute atomic E-state index is 0.0954. The number of amides is 2. The summed E-state index contributed by atoms with van der Waals surface area (Å²) in [6.45, 7) is 1.93. The van der Waals surface area contributed by atoms with Crippen LogP contribution >= 0.6 is 11.3 Å². The number of aliphatic carboxylic acids is 1. The van der Waals surface area contributed by atoms with Crippen molar-refractivity contribution >= 4 is 29.3 Å². The first kappa shape index (κ1) is 24.4. The number of alkyl carbamates (subject to hydrolysis) is 1. The Morgan fingerprint density at radius 3 is 2.29 bits per heavy atom. The fourth-order valence-corrected chi connectivity index (χ4v) is 4.99. The lowest BCUT2D eigenvalue weighted by Gasteiger charge is -2.22. The van der Waals surface area contributed by atoms with Crippen molar-refractivity contribution in [2.75, 3.05) is 6.61 Å². The number of rotatable bonds is 10. The van der Waals surface area contributed by atoms with Gasteiger partial charge in [0.2, 0.25) is 5.91 Å². The van der Waals surface area contributed by atoms with Crippen molar-refractivity contribution in [3.8, 4) is 11.1 Å². The molecule has 4 rings (SSSR count). The second-order valence-corrected chi connectivity index (χ2v) is 9.38. The second-order valence-electron chi connectivity index (χ2n) is 8.41. The number of carboxylic acids is 1. The zero-order chi connectivity index (χ0) is 24.8. The highest BCUT2D eigenvalue weighted by Gasteiger charge is 2.30. The van der Waals surface area contributed by atoms with Gasteiger partial charge in [-0.05, 0) is 28.7 Å². The third kappa shape index (κ3) is 5.86. The van der Waals surface area contributed by atoms with Crippen molar-refractivity contribution in [3.05, 3.63) is 76.2 Å². The molecule has 1 aliphatic carbocycles. The number of carbonyl (C=O) groups is 3. The van der Waals surface area contributed by atoms with Gasteiger partial charge in [0.15, 0.2) is 0 Å². The van der Waals surface area contributed by atoms with Gasteiger partial charge in [-0.3, -0.25) is 14.6 Å². The number of benzene rings is 2. The molecule has 2 atom stereocenters. The van der Waals surface area contributed by atoms with Crippen molar-refractivity contribution in [2.24, 2.45) is 0 Å². The summed E-state index contributed by atoms with van der Waals surface area (Å²) >= 11 is 1.37. The summed E-state index contributed by atoms with van der Waals surface area (Å²) in [7, 11) is 0. The number of thiazole rings is 1. The van der Waals surface area contributed by atoms with Crippen LogP contribution in [-0.2, 0) is 20.7 Å². The van der Waals surface area contributed by atoms with Crippen LogP contribution in [0.2, 0.25) is 0 Å². The molecule has 3 N–H and O–H groups in total. The number of carbonyl (C=O) groups excluding carboxylic acids is 2. The Morgan fingerprint density at radius 2 is 1.71 bits per heavy atom. The molecular weight excluding hydrogens is 466 g/mol. The van der Waals surface area contributed by atoms with E-state index in [0.29, 0.717) is 6.42 Å². The van der Waals surface area contributed by atoms with E-state index in [-0.39, 0.29) is 25.4 Å². The number of hydrogen-bond acceptors (Lipinski definition) is 6. The van der Waals surface area contributed by atoms with Crippen LogP contribution in [0.15, 0.2) is 60.2 Å². The third-order valence-electron chi connectivity index (χ3n) is 6.10. The summed E-state index contributed by atoms with van der Waals surface area (Å²) in [5, 5.41) is 14.5. The van der Waals surface area contributed by atoms with E-state index in [0.717, 1.165) is 27.1 Å². The van der Waals surface area contributed by atoms with Gasteiger partial charge < -0.3 is 20.5 Å². The summed E-state index contributed by atoms with van der Waals surface area (Å²) < 4.78 is 5.60. The quantitative estimate of drug-likeness (QED) is 0.394. The number of fused-ring (bicyclic) bond motifs is 3. The molecule has 0 spiro atoms. The average molecular weight is 494 g/mol. The molecule has 0 bridgehead atoms. The highest BCUT2D eigenvalue weighted by molar-refractivity contribution is 7.09. The molecule has 0 saturated heterocycles. The first-order chi connectivity index (χ1) is 17.0. The molecule has 2 unspecified atom stereocenters. The van der Waals surface area contributed by atoms with Crippen LogP contribution in [0.4, 0.5) is 4.79 Å². The number of nitrogens with zero attached hydrogens (tertiary/aromatic N) is 1. The molecule has 0 saturated carbocycles. The molecule has 2 amide bonds. The van der Waals surface area contributed by atoms with Crippen LogP contribution in [0.5, 0.6) is 0 Å². The minimum atomic E-state index is -0.999. The van der Waals surface area contributed by atoms with Gasteiger partial charge in [0.25, 0.3) is 0 Å². The fourth-order valence-electron chi connectivity index (χ4n) is 4.35. The van der Waals surface area contributed by atoms with Crippen LogP contribution in [0.25, 0.3) is 11.1 Å². The van der Waals surface area contributed by atoms with Crippen LogP contribution in [0, 0.1) is 0 Å². The zero-order valence-electron chi connectivity index (χ0n) is 19.3. The summed E-state index contributed by atoms with van der Waals surface area (Å²) in [5.41, 5.74) is 6.10. The van der Waals surface area contributed by atoms with E-state index in [9.17, 15) is 14.4 Å². The number of carboxylic acid groups (broad SMARTS) is 1. The summed E-state index contributed by atoms with van der Waals surface area (Å²) in [6.07, 6.45) is 1.42. The lowest BCUT2D eigenvalue weighted by Crippen LogP contribution is -2.51. The molecule has 35 heavy (non-hydrogen) atoms. The van der Waals surface area contributed by atoms with E-state index in [1.807, 2.05) is 36.4 Å². The second kappa shape index (κ2) is 11.1. The summed E-state index contributed by atoms with van der Waals surface area (Å²) in [5.74, 6) is -1.55. The minimum Gasteiger partial charge on any atom is -0.481 e.